The van der Waals surface area contributed by atoms with Gasteiger partial charge in [-0.25, -0.2) is 0 Å². The molecule has 0 aliphatic rings. The van der Waals surface area contributed by atoms with E-state index < -0.39 is 17.7 Å². The summed E-state index contributed by atoms with van der Waals surface area (Å²) in [6, 6.07) is 7.82. The number of methoxy groups -OCH3 is 1. The molecule has 0 aliphatic heterocycles. The van der Waals surface area contributed by atoms with Crippen LogP contribution < -0.4 is 15.4 Å². The highest BCUT2D eigenvalue weighted by Crippen LogP contribution is 2.31. The maximum absolute atomic E-state index is 12.7. The number of rotatable bonds is 12. The van der Waals surface area contributed by atoms with Gasteiger partial charge >= 0.3 is 0 Å². The predicted molar refractivity (Wildman–Crippen MR) is 133 cm³/mol. The quantitative estimate of drug-likeness (QED) is 0.231. The van der Waals surface area contributed by atoms with Gasteiger partial charge in [0.1, 0.15) is 5.75 Å². The Bertz CT molecular complexity index is 1070. The summed E-state index contributed by atoms with van der Waals surface area (Å²) in [4.78, 5) is 39.1. The van der Waals surface area contributed by atoms with E-state index in [2.05, 4.69) is 20.9 Å². The summed E-state index contributed by atoms with van der Waals surface area (Å²) in [5, 5.41) is 23.0. The monoisotopic (exact) mass is 503 g/mol. The molecule has 3 N–H and O–H groups in total. The Morgan fingerprint density at radius 1 is 1.17 bits per heavy atom. The third-order valence-corrected chi connectivity index (χ3v) is 5.27. The zero-order valence-electron chi connectivity index (χ0n) is 20.2. The van der Waals surface area contributed by atoms with E-state index >= 15 is 0 Å². The molecule has 188 valence electrons. The highest BCUT2D eigenvalue weighted by molar-refractivity contribution is 6.31. The van der Waals surface area contributed by atoms with Crippen LogP contribution in [0.1, 0.15) is 29.3 Å². The minimum atomic E-state index is -1.41. The summed E-state index contributed by atoms with van der Waals surface area (Å²) in [5.41, 5.74) is 1.45. The molecular weight excluding hydrogens is 474 g/mol. The van der Waals surface area contributed by atoms with Crippen LogP contribution in [-0.2, 0) is 16.2 Å². The van der Waals surface area contributed by atoms with E-state index in [9.17, 15) is 19.5 Å². The van der Waals surface area contributed by atoms with Crippen LogP contribution in [0.5, 0.6) is 5.75 Å². The fraction of sp³-hybridized carbons (Fsp3) is 0.375. The first-order chi connectivity index (χ1) is 16.7. The lowest BCUT2D eigenvalue weighted by Crippen LogP contribution is -2.32. The number of amides is 2. The number of carbonyl (C=O) groups excluding carboxylic acids is 3. The normalized spacial score (nSPS) is 12.0. The van der Waals surface area contributed by atoms with Crippen molar-refractivity contribution in [2.45, 2.75) is 26.0 Å². The standard InChI is InChI=1S/C24H30ClN5O5/c1-15(32)22(24(34)27-20-12-17(14-31)19(25)13-21(20)35-4)29-28-18-8-6-16(7-9-18)23(33)26-10-5-11-30(2)3/h6-9,12-13,22,31H,5,10-11,14H2,1-4H3,(H,26,33)(H,27,34)/b29-28-. The summed E-state index contributed by atoms with van der Waals surface area (Å²) in [5.74, 6) is -1.18. The van der Waals surface area contributed by atoms with Crippen LogP contribution in [0.15, 0.2) is 46.6 Å². The van der Waals surface area contributed by atoms with Crippen molar-refractivity contribution in [2.24, 2.45) is 10.2 Å². The molecule has 11 heteroatoms. The Labute approximate surface area is 209 Å². The number of ether oxygens (including phenoxy) is 1. The number of nitrogens with one attached hydrogen (secondary N) is 2. The van der Waals surface area contributed by atoms with E-state index in [4.69, 9.17) is 16.3 Å². The molecule has 0 spiro atoms. The number of aliphatic hydroxyl groups excluding tert-OH is 1. The van der Waals surface area contributed by atoms with Gasteiger partial charge in [0.2, 0.25) is 6.04 Å². The number of carbonyl (C=O) groups is 3. The zero-order chi connectivity index (χ0) is 26.0. The van der Waals surface area contributed by atoms with E-state index in [1.807, 2.05) is 19.0 Å². The Balaban J connectivity index is 2.07. The molecule has 0 saturated carbocycles. The fourth-order valence-corrected chi connectivity index (χ4v) is 3.22. The number of benzene rings is 2. The van der Waals surface area contributed by atoms with Crippen molar-refractivity contribution in [1.29, 1.82) is 0 Å². The minimum absolute atomic E-state index is 0.201. The van der Waals surface area contributed by atoms with Crippen LogP contribution >= 0.6 is 11.6 Å². The highest BCUT2D eigenvalue weighted by Gasteiger charge is 2.24. The lowest BCUT2D eigenvalue weighted by Gasteiger charge is -2.14. The van der Waals surface area contributed by atoms with E-state index in [1.165, 1.54) is 26.2 Å². The predicted octanol–water partition coefficient (Wildman–Crippen LogP) is 3.20. The molecule has 0 fully saturated rings. The van der Waals surface area contributed by atoms with E-state index in [0.717, 1.165) is 13.0 Å². The Hall–Kier alpha value is -3.34. The Morgan fingerprint density at radius 3 is 2.43 bits per heavy atom. The van der Waals surface area contributed by atoms with Gasteiger partial charge in [-0.2, -0.15) is 10.2 Å². The van der Waals surface area contributed by atoms with Crippen LogP contribution in [-0.4, -0.2) is 67.9 Å². The number of halogens is 1. The molecule has 0 saturated heterocycles. The van der Waals surface area contributed by atoms with Gasteiger partial charge in [-0.15, -0.1) is 0 Å². The number of Topliss-reactive ketones (excluding diaryl/α,β-unsaturated/α-hetero) is 1. The lowest BCUT2D eigenvalue weighted by molar-refractivity contribution is -0.126. The van der Waals surface area contributed by atoms with Crippen LogP contribution in [0.4, 0.5) is 11.4 Å². The average molecular weight is 504 g/mol. The molecule has 1 atom stereocenters. The van der Waals surface area contributed by atoms with Gasteiger partial charge in [0.25, 0.3) is 11.8 Å². The van der Waals surface area contributed by atoms with Crippen molar-refractivity contribution in [1.82, 2.24) is 10.2 Å². The fourth-order valence-electron chi connectivity index (χ4n) is 3.01. The molecular formula is C24H30ClN5O5. The molecule has 0 radical (unpaired) electrons. The summed E-state index contributed by atoms with van der Waals surface area (Å²) < 4.78 is 5.21. The van der Waals surface area contributed by atoms with Crippen molar-refractivity contribution >= 4 is 40.6 Å². The van der Waals surface area contributed by atoms with Gasteiger partial charge < -0.3 is 25.4 Å². The second-order valence-corrected chi connectivity index (χ2v) is 8.39. The minimum Gasteiger partial charge on any atom is -0.495 e. The summed E-state index contributed by atoms with van der Waals surface area (Å²) in [6.45, 7) is 2.32. The molecule has 0 aliphatic carbocycles. The van der Waals surface area contributed by atoms with Gasteiger partial charge in [0, 0.05) is 23.2 Å². The Kier molecular flexibility index (Phi) is 10.8. The van der Waals surface area contributed by atoms with Crippen LogP contribution in [0, 0.1) is 0 Å². The summed E-state index contributed by atoms with van der Waals surface area (Å²) >= 11 is 6.05. The van der Waals surface area contributed by atoms with E-state index in [1.54, 1.807) is 24.3 Å². The molecule has 2 aromatic carbocycles. The molecule has 0 bridgehead atoms. The molecule has 2 amide bonds. The third kappa shape index (κ3) is 8.43. The van der Waals surface area contributed by atoms with Gasteiger partial charge in [-0.05, 0) is 69.9 Å². The van der Waals surface area contributed by atoms with Crippen LogP contribution in [0.3, 0.4) is 0 Å². The van der Waals surface area contributed by atoms with Gasteiger partial charge in [-0.1, -0.05) is 11.6 Å². The molecule has 0 heterocycles. The lowest BCUT2D eigenvalue weighted by atomic mass is 10.1. The maximum atomic E-state index is 12.7. The molecule has 1 unspecified atom stereocenters. The first-order valence-corrected chi connectivity index (χ1v) is 11.3. The second kappa shape index (κ2) is 13.5. The number of hydrogen-bond donors (Lipinski definition) is 3. The number of azo groups is 1. The smallest absolute Gasteiger partial charge is 0.258 e. The van der Waals surface area contributed by atoms with Gasteiger partial charge in [0.05, 0.1) is 25.1 Å². The highest BCUT2D eigenvalue weighted by atomic mass is 35.5. The summed E-state index contributed by atoms with van der Waals surface area (Å²) in [7, 11) is 5.34. The second-order valence-electron chi connectivity index (χ2n) is 7.98. The van der Waals surface area contributed by atoms with E-state index in [-0.39, 0.29) is 29.0 Å². The number of aliphatic hydroxyl groups is 1. The Morgan fingerprint density at radius 2 is 1.86 bits per heavy atom. The molecule has 2 rings (SSSR count). The molecule has 2 aromatic rings. The topological polar surface area (TPSA) is 133 Å². The van der Waals surface area contributed by atoms with Gasteiger partial charge in [-0.3, -0.25) is 14.4 Å². The molecule has 10 nitrogen and oxygen atoms in total. The number of hydrogen-bond acceptors (Lipinski definition) is 8. The van der Waals surface area contributed by atoms with Gasteiger partial charge in [0.15, 0.2) is 5.78 Å². The first-order valence-electron chi connectivity index (χ1n) is 10.9. The van der Waals surface area contributed by atoms with Crippen LogP contribution in [0.25, 0.3) is 0 Å². The van der Waals surface area contributed by atoms with Crippen molar-refractivity contribution in [3.8, 4) is 5.75 Å². The number of anilines is 1. The average Bonchev–Trinajstić information content (AvgIpc) is 2.82. The van der Waals surface area contributed by atoms with Crippen molar-refractivity contribution in [3.05, 3.63) is 52.5 Å². The summed E-state index contributed by atoms with van der Waals surface area (Å²) in [6.07, 6.45) is 0.836. The SMILES string of the molecule is COc1cc(Cl)c(CO)cc1NC(=O)C(/N=N\c1ccc(C(=O)NCCCN(C)C)cc1)C(C)=O. The van der Waals surface area contributed by atoms with Crippen molar-refractivity contribution < 1.29 is 24.2 Å². The van der Waals surface area contributed by atoms with Crippen LogP contribution in [0.2, 0.25) is 5.02 Å². The largest absolute Gasteiger partial charge is 0.495 e. The first kappa shape index (κ1) is 27.9. The molecule has 0 aromatic heterocycles. The third-order valence-electron chi connectivity index (χ3n) is 4.92. The number of ketones is 1. The number of nitrogens with zero attached hydrogens (tertiary/aromatic N) is 3. The van der Waals surface area contributed by atoms with E-state index in [0.29, 0.717) is 23.4 Å². The van der Waals surface area contributed by atoms with Crippen molar-refractivity contribution in [2.75, 3.05) is 39.6 Å². The molecule has 35 heavy (non-hydrogen) atoms. The van der Waals surface area contributed by atoms with Crippen molar-refractivity contribution in [3.63, 3.8) is 0 Å². The zero-order valence-corrected chi connectivity index (χ0v) is 20.9. The maximum Gasteiger partial charge on any atom is 0.258 e.